The second-order valence-electron chi connectivity index (χ2n) is 7.78. The Hall–Kier alpha value is -1.27. The number of benzene rings is 1. The average Bonchev–Trinajstić information content (AvgIpc) is 3.15. The van der Waals surface area contributed by atoms with E-state index >= 15 is 0 Å². The molecule has 6 heteroatoms. The summed E-state index contributed by atoms with van der Waals surface area (Å²) in [4.78, 5) is 6.77. The molecule has 1 heterocycles. The molecule has 2 fully saturated rings. The van der Waals surface area contributed by atoms with Gasteiger partial charge in [-0.2, -0.15) is 11.8 Å². The van der Waals surface area contributed by atoms with Gasteiger partial charge in [-0.15, -0.1) is 0 Å². The Labute approximate surface area is 167 Å². The minimum Gasteiger partial charge on any atom is -0.356 e. The first-order chi connectivity index (χ1) is 13.2. The summed E-state index contributed by atoms with van der Waals surface area (Å²) in [5.74, 6) is 1.50. The van der Waals surface area contributed by atoms with E-state index in [0.29, 0.717) is 18.5 Å². The summed E-state index contributed by atoms with van der Waals surface area (Å²) in [6.45, 7) is 3.75. The molecule has 2 unspecified atom stereocenters. The molecule has 1 aromatic rings. The molecule has 2 aliphatic rings. The zero-order valence-electron chi connectivity index (χ0n) is 16.6. The molecule has 0 bridgehead atoms. The summed E-state index contributed by atoms with van der Waals surface area (Å²) in [5, 5.41) is 7.91. The van der Waals surface area contributed by atoms with Crippen LogP contribution in [0.3, 0.4) is 0 Å². The molecule has 1 aliphatic heterocycles. The van der Waals surface area contributed by atoms with Crippen LogP contribution in [0.15, 0.2) is 29.3 Å². The molecule has 2 atom stereocenters. The fourth-order valence-corrected chi connectivity index (χ4v) is 4.93. The Bertz CT molecular complexity index is 616. The molecule has 150 valence electrons. The normalized spacial score (nSPS) is 24.9. The number of thioether (sulfide) groups is 1. The van der Waals surface area contributed by atoms with Gasteiger partial charge in [0, 0.05) is 37.0 Å². The number of piperidine rings is 1. The van der Waals surface area contributed by atoms with Crippen LogP contribution in [-0.4, -0.2) is 55.1 Å². The molecule has 2 N–H and O–H groups in total. The van der Waals surface area contributed by atoms with Gasteiger partial charge in [0.25, 0.3) is 0 Å². The molecule has 1 saturated carbocycles. The van der Waals surface area contributed by atoms with Gasteiger partial charge in [-0.3, -0.25) is 9.89 Å². The van der Waals surface area contributed by atoms with Crippen molar-refractivity contribution < 1.29 is 4.39 Å². The summed E-state index contributed by atoms with van der Waals surface area (Å²) < 4.78 is 13.8. The maximum atomic E-state index is 13.8. The summed E-state index contributed by atoms with van der Waals surface area (Å²) in [6, 6.07) is 7.67. The molecule has 27 heavy (non-hydrogen) atoms. The van der Waals surface area contributed by atoms with Crippen LogP contribution in [0.2, 0.25) is 0 Å². The second-order valence-corrected chi connectivity index (χ2v) is 8.91. The first kappa shape index (κ1) is 20.5. The van der Waals surface area contributed by atoms with E-state index in [4.69, 9.17) is 0 Å². The van der Waals surface area contributed by atoms with Crippen molar-refractivity contribution in [3.05, 3.63) is 35.6 Å². The van der Waals surface area contributed by atoms with Crippen LogP contribution >= 0.6 is 11.8 Å². The van der Waals surface area contributed by atoms with Crippen LogP contribution in [-0.2, 0) is 6.54 Å². The number of guanidine groups is 1. The number of aliphatic imine (C=N–C) groups is 1. The van der Waals surface area contributed by atoms with Crippen molar-refractivity contribution in [1.82, 2.24) is 15.5 Å². The molecule has 1 aromatic carbocycles. The molecule has 1 aliphatic carbocycles. The van der Waals surface area contributed by atoms with Crippen molar-refractivity contribution >= 4 is 17.7 Å². The zero-order chi connectivity index (χ0) is 19.1. The van der Waals surface area contributed by atoms with Crippen molar-refractivity contribution in [2.24, 2.45) is 10.9 Å². The number of halogens is 1. The van der Waals surface area contributed by atoms with Crippen molar-refractivity contribution in [3.63, 3.8) is 0 Å². The third-order valence-corrected chi connectivity index (χ3v) is 6.99. The van der Waals surface area contributed by atoms with E-state index in [1.165, 1.54) is 19.3 Å². The van der Waals surface area contributed by atoms with Gasteiger partial charge in [0.05, 0.1) is 0 Å². The van der Waals surface area contributed by atoms with Gasteiger partial charge >= 0.3 is 0 Å². The highest BCUT2D eigenvalue weighted by atomic mass is 32.2. The minimum absolute atomic E-state index is 0.0909. The maximum Gasteiger partial charge on any atom is 0.191 e. The highest BCUT2D eigenvalue weighted by Gasteiger charge is 2.25. The predicted molar refractivity (Wildman–Crippen MR) is 114 cm³/mol. The molecule has 3 rings (SSSR count). The Morgan fingerprint density at radius 1 is 1.22 bits per heavy atom. The molecule has 4 nitrogen and oxygen atoms in total. The van der Waals surface area contributed by atoms with Crippen LogP contribution in [0.4, 0.5) is 4.39 Å². The van der Waals surface area contributed by atoms with Gasteiger partial charge < -0.3 is 10.6 Å². The van der Waals surface area contributed by atoms with Crippen molar-refractivity contribution in [2.45, 2.75) is 49.9 Å². The summed E-state index contributed by atoms with van der Waals surface area (Å²) in [6.07, 6.45) is 8.28. The van der Waals surface area contributed by atoms with Crippen molar-refractivity contribution in [1.29, 1.82) is 0 Å². The monoisotopic (exact) mass is 392 g/mol. The Morgan fingerprint density at radius 2 is 2.00 bits per heavy atom. The molecule has 0 radical (unpaired) electrons. The van der Waals surface area contributed by atoms with Crippen LogP contribution in [0, 0.1) is 11.7 Å². The zero-order valence-corrected chi connectivity index (χ0v) is 17.4. The van der Waals surface area contributed by atoms with Crippen LogP contribution < -0.4 is 10.6 Å². The fraction of sp³-hybridized carbons (Fsp3) is 0.667. The van der Waals surface area contributed by atoms with Crippen LogP contribution in [0.25, 0.3) is 0 Å². The highest BCUT2D eigenvalue weighted by molar-refractivity contribution is 7.99. The Kier molecular flexibility index (Phi) is 7.82. The molecule has 0 spiro atoms. The quantitative estimate of drug-likeness (QED) is 0.574. The summed E-state index contributed by atoms with van der Waals surface area (Å²) in [5.41, 5.74) is 0.804. The second kappa shape index (κ2) is 10.3. The van der Waals surface area contributed by atoms with E-state index in [1.54, 1.807) is 12.1 Å². The lowest BCUT2D eigenvalue weighted by Crippen LogP contribution is -2.45. The van der Waals surface area contributed by atoms with Crippen molar-refractivity contribution in [3.8, 4) is 0 Å². The highest BCUT2D eigenvalue weighted by Crippen LogP contribution is 2.28. The third-order valence-electron chi connectivity index (χ3n) is 5.90. The first-order valence-electron chi connectivity index (χ1n) is 10.1. The van der Waals surface area contributed by atoms with Gasteiger partial charge in [-0.1, -0.05) is 18.2 Å². The van der Waals surface area contributed by atoms with Gasteiger partial charge in [-0.05, 0) is 63.4 Å². The molecular weight excluding hydrogens is 359 g/mol. The maximum absolute atomic E-state index is 13.8. The van der Waals surface area contributed by atoms with Gasteiger partial charge in [0.15, 0.2) is 5.96 Å². The van der Waals surface area contributed by atoms with E-state index in [9.17, 15) is 4.39 Å². The number of nitrogens with zero attached hydrogens (tertiary/aromatic N) is 2. The molecule has 0 amide bonds. The Morgan fingerprint density at radius 3 is 2.67 bits per heavy atom. The van der Waals surface area contributed by atoms with E-state index in [0.717, 1.165) is 49.2 Å². The van der Waals surface area contributed by atoms with Gasteiger partial charge in [-0.25, -0.2) is 4.39 Å². The molecule has 0 aromatic heterocycles. The van der Waals surface area contributed by atoms with Gasteiger partial charge in [0.2, 0.25) is 0 Å². The first-order valence-corrected chi connectivity index (χ1v) is 11.4. The standard InChI is InChI=1S/C21H33FN4S/c1-23-21(25-18-7-8-19(13-18)27-2)24-14-16-9-11-26(12-10-16)15-17-5-3-4-6-20(17)22/h3-6,16,18-19H,7-15H2,1-2H3,(H2,23,24,25). The number of nitrogens with one attached hydrogen (secondary N) is 2. The number of hydrogen-bond donors (Lipinski definition) is 2. The molecule has 1 saturated heterocycles. The number of rotatable bonds is 6. The van der Waals surface area contributed by atoms with E-state index in [2.05, 4.69) is 26.8 Å². The van der Waals surface area contributed by atoms with E-state index in [-0.39, 0.29) is 5.82 Å². The summed E-state index contributed by atoms with van der Waals surface area (Å²) in [7, 11) is 1.85. The topological polar surface area (TPSA) is 39.7 Å². The predicted octanol–water partition coefficient (Wildman–Crippen LogP) is 3.49. The van der Waals surface area contributed by atoms with Gasteiger partial charge in [0.1, 0.15) is 5.82 Å². The van der Waals surface area contributed by atoms with Crippen LogP contribution in [0.5, 0.6) is 0 Å². The lowest BCUT2D eigenvalue weighted by Gasteiger charge is -2.32. The smallest absolute Gasteiger partial charge is 0.191 e. The minimum atomic E-state index is -0.0909. The largest absolute Gasteiger partial charge is 0.356 e. The van der Waals surface area contributed by atoms with Crippen LogP contribution in [0.1, 0.15) is 37.7 Å². The number of likely N-dealkylation sites (tertiary alicyclic amines) is 1. The van der Waals surface area contributed by atoms with E-state index in [1.807, 2.05) is 30.9 Å². The third kappa shape index (κ3) is 6.11. The lowest BCUT2D eigenvalue weighted by molar-refractivity contribution is 0.176. The molecular formula is C21H33FN4S. The fourth-order valence-electron chi connectivity index (χ4n) is 4.13. The Balaban J connectivity index is 1.37. The van der Waals surface area contributed by atoms with E-state index < -0.39 is 0 Å². The number of hydrogen-bond acceptors (Lipinski definition) is 3. The lowest BCUT2D eigenvalue weighted by atomic mass is 9.96. The van der Waals surface area contributed by atoms with Crippen molar-refractivity contribution in [2.75, 3.05) is 32.9 Å². The summed E-state index contributed by atoms with van der Waals surface area (Å²) >= 11 is 1.98. The SMILES string of the molecule is CN=C(NCC1CCN(Cc2ccccc2F)CC1)NC1CCC(SC)C1. The average molecular weight is 393 g/mol.